The molecule has 19 heteroatoms. The Morgan fingerprint density at radius 1 is 0.305 bits per heavy atom. The van der Waals surface area contributed by atoms with Gasteiger partial charge < -0.3 is 33.8 Å². The Hall–Kier alpha value is -1.94. The van der Waals surface area contributed by atoms with Crippen LogP contribution in [0.5, 0.6) is 0 Å². The molecule has 0 heterocycles. The van der Waals surface area contributed by atoms with E-state index in [2.05, 4.69) is 41.5 Å². The topological polar surface area (TPSA) is 237 Å². The summed E-state index contributed by atoms with van der Waals surface area (Å²) in [4.78, 5) is 72.4. The van der Waals surface area contributed by atoms with Crippen molar-refractivity contribution in [1.29, 1.82) is 0 Å². The van der Waals surface area contributed by atoms with Crippen molar-refractivity contribution in [2.24, 2.45) is 11.8 Å². The molecule has 0 spiro atoms. The standard InChI is InChI=1S/C76H148O17P2/c1-7-10-12-14-15-16-17-18-19-20-21-22-23-24-25-26-31-34-37-42-48-54-60-75(80)93-72(65-87-74(79)59-53-47-41-36-33-30-28-27-29-32-35-40-46-51-57-69(6)9-3)67-91-95(84,85)89-63-70(77)62-88-94(82,83)90-66-71(64-86-73(78)58-52-44-13-11-8-2)92-76(81)61-55-49-43-38-39-45-50-56-68(4)5/h68-72,77H,7-67H2,1-6H3,(H,82,83)(H,84,85)/t69?,70-,71+,72+/m0/s1. The molecule has 0 aromatic carbocycles. The first-order valence-corrected chi connectivity index (χ1v) is 42.5. The zero-order valence-corrected chi connectivity index (χ0v) is 63.8. The lowest BCUT2D eigenvalue weighted by Gasteiger charge is -2.21. The molecule has 0 radical (unpaired) electrons. The van der Waals surface area contributed by atoms with Gasteiger partial charge in [-0.05, 0) is 37.5 Å². The van der Waals surface area contributed by atoms with Gasteiger partial charge in [-0.15, -0.1) is 0 Å². The SMILES string of the molecule is CCCCCCCCCCCCCCCCCCCCCCCCC(=O)O[C@H](COC(=O)CCCCCCCCCCCCCCCCC(C)CC)COP(=O)(O)OC[C@@H](O)COP(=O)(O)OC[C@@H](COC(=O)CCCCCCC)OC(=O)CCCCCCCCCC(C)C. The molecule has 0 aromatic rings. The number of hydrogen-bond acceptors (Lipinski definition) is 15. The first-order valence-electron chi connectivity index (χ1n) is 39.5. The molecule has 0 saturated heterocycles. The average Bonchev–Trinajstić information content (AvgIpc) is 3.42. The Labute approximate surface area is 581 Å². The summed E-state index contributed by atoms with van der Waals surface area (Å²) in [6, 6.07) is 0. The first-order chi connectivity index (χ1) is 45.9. The van der Waals surface area contributed by atoms with Crippen LogP contribution in [0.2, 0.25) is 0 Å². The molecule has 95 heavy (non-hydrogen) atoms. The maximum atomic E-state index is 13.1. The van der Waals surface area contributed by atoms with Crippen molar-refractivity contribution in [3.8, 4) is 0 Å². The second-order valence-corrected chi connectivity index (χ2v) is 31.0. The second kappa shape index (κ2) is 67.9. The van der Waals surface area contributed by atoms with Gasteiger partial charge in [0.1, 0.15) is 19.3 Å². The van der Waals surface area contributed by atoms with Crippen LogP contribution in [0.25, 0.3) is 0 Å². The summed E-state index contributed by atoms with van der Waals surface area (Å²) >= 11 is 0. The van der Waals surface area contributed by atoms with E-state index >= 15 is 0 Å². The molecule has 0 amide bonds. The minimum Gasteiger partial charge on any atom is -0.462 e. The van der Waals surface area contributed by atoms with Gasteiger partial charge in [0.05, 0.1) is 26.4 Å². The number of rotatable bonds is 75. The van der Waals surface area contributed by atoms with E-state index in [1.807, 2.05) is 0 Å². The third kappa shape index (κ3) is 69.0. The minimum atomic E-state index is -4.96. The number of phosphoric acid groups is 2. The zero-order chi connectivity index (χ0) is 70.0. The number of carbonyl (C=O) groups excluding carboxylic acids is 4. The number of esters is 4. The Morgan fingerprint density at radius 3 is 0.800 bits per heavy atom. The molecular weight excluding hydrogens is 1250 g/mol. The number of phosphoric ester groups is 2. The zero-order valence-electron chi connectivity index (χ0n) is 62.0. The van der Waals surface area contributed by atoms with Crippen LogP contribution in [-0.2, 0) is 65.4 Å². The van der Waals surface area contributed by atoms with Crippen molar-refractivity contribution in [1.82, 2.24) is 0 Å². The molecule has 0 aromatic heterocycles. The monoisotopic (exact) mass is 1400 g/mol. The fraction of sp³-hybridized carbons (Fsp3) is 0.947. The van der Waals surface area contributed by atoms with Crippen LogP contribution >= 0.6 is 15.6 Å². The quantitative estimate of drug-likeness (QED) is 0.0222. The molecule has 0 aliphatic carbocycles. The normalized spacial score (nSPS) is 14.3. The van der Waals surface area contributed by atoms with Crippen LogP contribution in [0.1, 0.15) is 395 Å². The van der Waals surface area contributed by atoms with Crippen LogP contribution in [-0.4, -0.2) is 96.7 Å². The summed E-state index contributed by atoms with van der Waals surface area (Å²) in [5.41, 5.74) is 0. The summed E-state index contributed by atoms with van der Waals surface area (Å²) in [6.45, 7) is 9.48. The highest BCUT2D eigenvalue weighted by Gasteiger charge is 2.30. The molecule has 0 saturated carbocycles. The average molecular weight is 1400 g/mol. The molecule has 0 aliphatic rings. The molecule has 0 aliphatic heterocycles. The van der Waals surface area contributed by atoms with Gasteiger partial charge in [-0.2, -0.15) is 0 Å². The van der Waals surface area contributed by atoms with Gasteiger partial charge >= 0.3 is 39.5 Å². The fourth-order valence-electron chi connectivity index (χ4n) is 11.6. The lowest BCUT2D eigenvalue weighted by Crippen LogP contribution is -2.30. The molecule has 17 nitrogen and oxygen atoms in total. The molecule has 0 bridgehead atoms. The largest absolute Gasteiger partial charge is 0.472 e. The van der Waals surface area contributed by atoms with Crippen molar-refractivity contribution in [3.63, 3.8) is 0 Å². The molecular formula is C76H148O17P2. The summed E-state index contributed by atoms with van der Waals surface area (Å²) in [5, 5.41) is 10.6. The molecule has 3 N–H and O–H groups in total. The molecule has 564 valence electrons. The maximum absolute atomic E-state index is 13.1. The van der Waals surface area contributed by atoms with E-state index in [9.17, 15) is 43.2 Å². The van der Waals surface area contributed by atoms with Gasteiger partial charge in [0.25, 0.3) is 0 Å². The van der Waals surface area contributed by atoms with Gasteiger partial charge in [0, 0.05) is 25.7 Å². The summed E-state index contributed by atoms with van der Waals surface area (Å²) in [6.07, 6.45) is 56.2. The summed E-state index contributed by atoms with van der Waals surface area (Å²) in [5.74, 6) is -0.586. The van der Waals surface area contributed by atoms with E-state index in [-0.39, 0.29) is 25.7 Å². The Bertz CT molecular complexity index is 1840. The van der Waals surface area contributed by atoms with Gasteiger partial charge in [0.15, 0.2) is 12.2 Å². The van der Waals surface area contributed by atoms with Gasteiger partial charge in [-0.1, -0.05) is 343 Å². The number of ether oxygens (including phenoxy) is 4. The van der Waals surface area contributed by atoms with Gasteiger partial charge in [-0.3, -0.25) is 37.3 Å². The van der Waals surface area contributed by atoms with Crippen LogP contribution in [0.3, 0.4) is 0 Å². The highest BCUT2D eigenvalue weighted by molar-refractivity contribution is 7.47. The lowest BCUT2D eigenvalue weighted by atomic mass is 9.99. The smallest absolute Gasteiger partial charge is 0.462 e. The Balaban J connectivity index is 5.10. The third-order valence-corrected chi connectivity index (χ3v) is 20.0. The van der Waals surface area contributed by atoms with Crippen molar-refractivity contribution in [3.05, 3.63) is 0 Å². The van der Waals surface area contributed by atoms with E-state index in [1.165, 1.54) is 205 Å². The van der Waals surface area contributed by atoms with E-state index in [0.717, 1.165) is 102 Å². The lowest BCUT2D eigenvalue weighted by molar-refractivity contribution is -0.161. The van der Waals surface area contributed by atoms with Crippen molar-refractivity contribution >= 4 is 39.5 Å². The number of aliphatic hydroxyl groups excluding tert-OH is 1. The summed E-state index contributed by atoms with van der Waals surface area (Å²) < 4.78 is 68.2. The van der Waals surface area contributed by atoms with Crippen LogP contribution < -0.4 is 0 Å². The number of aliphatic hydroxyl groups is 1. The molecule has 0 rings (SSSR count). The number of unbranched alkanes of at least 4 members (excludes halogenated alkanes) is 44. The second-order valence-electron chi connectivity index (χ2n) is 28.1. The highest BCUT2D eigenvalue weighted by Crippen LogP contribution is 2.45. The number of carbonyl (C=O) groups is 4. The van der Waals surface area contributed by atoms with Gasteiger partial charge in [0.2, 0.25) is 0 Å². The number of hydrogen-bond donors (Lipinski definition) is 3. The molecule has 0 fully saturated rings. The van der Waals surface area contributed by atoms with Crippen molar-refractivity contribution < 1.29 is 80.2 Å². The van der Waals surface area contributed by atoms with Crippen LogP contribution in [0, 0.1) is 11.8 Å². The Morgan fingerprint density at radius 2 is 0.537 bits per heavy atom. The predicted molar refractivity (Wildman–Crippen MR) is 386 cm³/mol. The molecule has 3 unspecified atom stereocenters. The van der Waals surface area contributed by atoms with E-state index in [1.54, 1.807) is 0 Å². The molecule has 6 atom stereocenters. The fourth-order valence-corrected chi connectivity index (χ4v) is 13.2. The Kier molecular flexibility index (Phi) is 66.5. The van der Waals surface area contributed by atoms with Crippen LogP contribution in [0.4, 0.5) is 0 Å². The predicted octanol–water partition coefficient (Wildman–Crippen LogP) is 22.3. The summed E-state index contributed by atoms with van der Waals surface area (Å²) in [7, 11) is -9.90. The van der Waals surface area contributed by atoms with E-state index < -0.39 is 97.5 Å². The van der Waals surface area contributed by atoms with Crippen LogP contribution in [0.15, 0.2) is 0 Å². The van der Waals surface area contributed by atoms with Gasteiger partial charge in [-0.25, -0.2) is 9.13 Å². The van der Waals surface area contributed by atoms with Crippen molar-refractivity contribution in [2.75, 3.05) is 39.6 Å². The van der Waals surface area contributed by atoms with Crippen molar-refractivity contribution in [2.45, 2.75) is 413 Å². The minimum absolute atomic E-state index is 0.103. The van der Waals surface area contributed by atoms with E-state index in [0.29, 0.717) is 31.6 Å². The highest BCUT2D eigenvalue weighted by atomic mass is 31.2. The van der Waals surface area contributed by atoms with E-state index in [4.69, 9.17) is 37.0 Å². The maximum Gasteiger partial charge on any atom is 0.472 e. The first kappa shape index (κ1) is 93.1. The third-order valence-electron chi connectivity index (χ3n) is 18.1.